The van der Waals surface area contributed by atoms with Crippen molar-refractivity contribution in [2.45, 2.75) is 12.5 Å². The highest BCUT2D eigenvalue weighted by atomic mass is 19.3. The number of halogens is 3. The minimum absolute atomic E-state index is 0.0327. The van der Waals surface area contributed by atoms with Crippen LogP contribution in [-0.2, 0) is 0 Å². The fraction of sp³-hybridized carbons (Fsp3) is 0.300. The van der Waals surface area contributed by atoms with Gasteiger partial charge >= 0.3 is 0 Å². The molecule has 0 saturated carbocycles. The number of benzene rings is 1. The molecule has 1 aromatic rings. The number of nitrogens with one attached hydrogen (secondary N) is 1. The SMILES string of the molecule is Nc1cc(C(=O)NCC(O)C(F)F)ccc1F. The maximum atomic E-state index is 12.8. The molecule has 0 aromatic heterocycles. The van der Waals surface area contributed by atoms with Crippen molar-refractivity contribution < 1.29 is 23.1 Å². The third-order valence-corrected chi connectivity index (χ3v) is 2.02. The van der Waals surface area contributed by atoms with Crippen LogP contribution >= 0.6 is 0 Å². The van der Waals surface area contributed by atoms with E-state index in [4.69, 9.17) is 10.8 Å². The largest absolute Gasteiger partial charge is 0.396 e. The molecule has 0 aliphatic rings. The van der Waals surface area contributed by atoms with Gasteiger partial charge in [0.2, 0.25) is 0 Å². The average Bonchev–Trinajstić information content (AvgIpc) is 2.28. The number of nitrogens with two attached hydrogens (primary N) is 1. The molecule has 7 heteroatoms. The standard InChI is InChI=1S/C10H11F3N2O2/c11-6-2-1-5(3-7(6)14)10(17)15-4-8(16)9(12)13/h1-3,8-9,16H,4,14H2,(H,15,17). The maximum absolute atomic E-state index is 12.8. The fourth-order valence-corrected chi connectivity index (χ4v) is 1.07. The molecule has 1 aromatic carbocycles. The molecule has 0 bridgehead atoms. The van der Waals surface area contributed by atoms with Crippen LogP contribution in [0.3, 0.4) is 0 Å². The lowest BCUT2D eigenvalue weighted by molar-refractivity contribution is -0.00270. The summed E-state index contributed by atoms with van der Waals surface area (Å²) in [6.07, 6.45) is -4.87. The van der Waals surface area contributed by atoms with E-state index in [9.17, 15) is 18.0 Å². The number of rotatable bonds is 4. The van der Waals surface area contributed by atoms with Gasteiger partial charge in [-0.05, 0) is 18.2 Å². The van der Waals surface area contributed by atoms with Crippen LogP contribution in [0.5, 0.6) is 0 Å². The second-order valence-electron chi connectivity index (χ2n) is 3.35. The lowest BCUT2D eigenvalue weighted by atomic mass is 10.2. The lowest BCUT2D eigenvalue weighted by Crippen LogP contribution is -2.35. The number of carbonyl (C=O) groups excluding carboxylic acids is 1. The van der Waals surface area contributed by atoms with E-state index in [0.29, 0.717) is 0 Å². The summed E-state index contributed by atoms with van der Waals surface area (Å²) in [5.74, 6) is -1.38. The van der Waals surface area contributed by atoms with Crippen LogP contribution < -0.4 is 11.1 Å². The Labute approximate surface area is 95.2 Å². The number of hydrogen-bond acceptors (Lipinski definition) is 3. The van der Waals surface area contributed by atoms with Crippen LogP contribution in [0, 0.1) is 5.82 Å². The molecule has 1 unspecified atom stereocenters. The zero-order chi connectivity index (χ0) is 13.0. The first-order valence-corrected chi connectivity index (χ1v) is 4.71. The van der Waals surface area contributed by atoms with E-state index in [1.165, 1.54) is 0 Å². The number of anilines is 1. The molecule has 1 atom stereocenters. The van der Waals surface area contributed by atoms with Gasteiger partial charge in [0.05, 0.1) is 5.69 Å². The Bertz CT molecular complexity index is 413. The third kappa shape index (κ3) is 3.63. The maximum Gasteiger partial charge on any atom is 0.265 e. The van der Waals surface area contributed by atoms with Gasteiger partial charge in [0.1, 0.15) is 11.9 Å². The number of nitrogen functional groups attached to an aromatic ring is 1. The number of carbonyl (C=O) groups is 1. The van der Waals surface area contributed by atoms with Crippen LogP contribution in [0.1, 0.15) is 10.4 Å². The molecular formula is C10H11F3N2O2. The number of amides is 1. The number of hydrogen-bond donors (Lipinski definition) is 3. The molecule has 0 spiro atoms. The smallest absolute Gasteiger partial charge is 0.265 e. The fourth-order valence-electron chi connectivity index (χ4n) is 1.07. The monoisotopic (exact) mass is 248 g/mol. The first-order valence-electron chi connectivity index (χ1n) is 4.71. The molecule has 4 nitrogen and oxygen atoms in total. The van der Waals surface area contributed by atoms with E-state index in [-0.39, 0.29) is 11.3 Å². The second-order valence-corrected chi connectivity index (χ2v) is 3.35. The molecule has 1 rings (SSSR count). The molecule has 0 saturated heterocycles. The molecule has 94 valence electrons. The predicted molar refractivity (Wildman–Crippen MR) is 55.2 cm³/mol. The van der Waals surface area contributed by atoms with Gasteiger partial charge in [-0.1, -0.05) is 0 Å². The van der Waals surface area contributed by atoms with Crippen molar-refractivity contribution in [3.8, 4) is 0 Å². The van der Waals surface area contributed by atoms with Gasteiger partial charge in [-0.3, -0.25) is 4.79 Å². The number of aliphatic hydroxyl groups excluding tert-OH is 1. The molecule has 0 aliphatic carbocycles. The number of aliphatic hydroxyl groups is 1. The van der Waals surface area contributed by atoms with Gasteiger partial charge in [-0.15, -0.1) is 0 Å². The van der Waals surface area contributed by atoms with E-state index in [1.54, 1.807) is 0 Å². The quantitative estimate of drug-likeness (QED) is 0.689. The van der Waals surface area contributed by atoms with Crippen LogP contribution in [-0.4, -0.2) is 30.1 Å². The van der Waals surface area contributed by atoms with Gasteiger partial charge in [0.15, 0.2) is 0 Å². The number of alkyl halides is 2. The Kier molecular flexibility index (Phi) is 4.33. The Balaban J connectivity index is 2.61. The van der Waals surface area contributed by atoms with Gasteiger partial charge in [-0.25, -0.2) is 13.2 Å². The lowest BCUT2D eigenvalue weighted by Gasteiger charge is -2.10. The first kappa shape index (κ1) is 13.3. The predicted octanol–water partition coefficient (Wildman–Crippen LogP) is 0.764. The Hall–Kier alpha value is -1.76. The van der Waals surface area contributed by atoms with Crippen molar-refractivity contribution in [1.82, 2.24) is 5.32 Å². The zero-order valence-electron chi connectivity index (χ0n) is 8.66. The summed E-state index contributed by atoms with van der Waals surface area (Å²) in [5, 5.41) is 10.9. The first-order chi connectivity index (χ1) is 7.91. The van der Waals surface area contributed by atoms with E-state index in [2.05, 4.69) is 5.32 Å². The molecule has 0 heterocycles. The molecule has 0 fully saturated rings. The molecule has 4 N–H and O–H groups in total. The Morgan fingerprint density at radius 3 is 2.65 bits per heavy atom. The summed E-state index contributed by atoms with van der Waals surface area (Å²) < 4.78 is 36.6. The highest BCUT2D eigenvalue weighted by Gasteiger charge is 2.18. The highest BCUT2D eigenvalue weighted by Crippen LogP contribution is 2.12. The summed E-state index contributed by atoms with van der Waals surface area (Å²) in [4.78, 5) is 11.4. The van der Waals surface area contributed by atoms with Crippen LogP contribution in [0.25, 0.3) is 0 Å². The van der Waals surface area contributed by atoms with Crippen molar-refractivity contribution in [1.29, 1.82) is 0 Å². The Morgan fingerprint density at radius 1 is 1.47 bits per heavy atom. The highest BCUT2D eigenvalue weighted by molar-refractivity contribution is 5.95. The van der Waals surface area contributed by atoms with E-state index in [0.717, 1.165) is 18.2 Å². The minimum atomic E-state index is -2.94. The van der Waals surface area contributed by atoms with Crippen LogP contribution in [0.4, 0.5) is 18.9 Å². The van der Waals surface area contributed by atoms with Crippen molar-refractivity contribution in [3.63, 3.8) is 0 Å². The molecular weight excluding hydrogens is 237 g/mol. The molecule has 17 heavy (non-hydrogen) atoms. The minimum Gasteiger partial charge on any atom is -0.396 e. The van der Waals surface area contributed by atoms with E-state index >= 15 is 0 Å². The summed E-state index contributed by atoms with van der Waals surface area (Å²) in [6.45, 7) is -0.590. The summed E-state index contributed by atoms with van der Waals surface area (Å²) >= 11 is 0. The molecule has 1 amide bonds. The Morgan fingerprint density at radius 2 is 2.12 bits per heavy atom. The van der Waals surface area contributed by atoms with E-state index in [1.807, 2.05) is 0 Å². The van der Waals surface area contributed by atoms with Crippen molar-refractivity contribution >= 4 is 11.6 Å². The summed E-state index contributed by atoms with van der Waals surface area (Å²) in [7, 11) is 0. The van der Waals surface area contributed by atoms with Gasteiger partial charge in [0, 0.05) is 12.1 Å². The summed E-state index contributed by atoms with van der Waals surface area (Å²) in [5.41, 5.74) is 5.06. The van der Waals surface area contributed by atoms with Crippen LogP contribution in [0.2, 0.25) is 0 Å². The van der Waals surface area contributed by atoms with Gasteiger partial charge < -0.3 is 16.2 Å². The van der Waals surface area contributed by atoms with Crippen molar-refractivity contribution in [2.75, 3.05) is 12.3 Å². The average molecular weight is 248 g/mol. The van der Waals surface area contributed by atoms with Crippen molar-refractivity contribution in [3.05, 3.63) is 29.6 Å². The normalized spacial score (nSPS) is 12.5. The summed E-state index contributed by atoms with van der Waals surface area (Å²) in [6, 6.07) is 3.24. The molecule has 0 radical (unpaired) electrons. The second kappa shape index (κ2) is 5.53. The van der Waals surface area contributed by atoms with Gasteiger partial charge in [0.25, 0.3) is 12.3 Å². The zero-order valence-corrected chi connectivity index (χ0v) is 8.66. The third-order valence-electron chi connectivity index (χ3n) is 2.02. The van der Waals surface area contributed by atoms with Crippen LogP contribution in [0.15, 0.2) is 18.2 Å². The van der Waals surface area contributed by atoms with Gasteiger partial charge in [-0.2, -0.15) is 0 Å². The van der Waals surface area contributed by atoms with E-state index < -0.39 is 30.8 Å². The topological polar surface area (TPSA) is 75.4 Å². The van der Waals surface area contributed by atoms with Crippen molar-refractivity contribution in [2.24, 2.45) is 0 Å². The molecule has 0 aliphatic heterocycles.